The number of hydrogen-bond acceptors (Lipinski definition) is 4. The second-order valence-corrected chi connectivity index (χ2v) is 10.1. The number of benzene rings is 1. The van der Waals surface area contributed by atoms with Gasteiger partial charge in [-0.3, -0.25) is 4.99 Å². The molecule has 0 radical (unpaired) electrons. The summed E-state index contributed by atoms with van der Waals surface area (Å²) in [5.41, 5.74) is 1.73. The molecule has 0 atom stereocenters. The van der Waals surface area contributed by atoms with Gasteiger partial charge in [-0.2, -0.15) is 0 Å². The third kappa shape index (κ3) is 8.86. The topological polar surface area (TPSA) is 103 Å². The number of nitrogens with one attached hydrogen (secondary N) is 3. The lowest BCUT2D eigenvalue weighted by molar-refractivity contribution is 0.137. The number of hydrogen-bond donors (Lipinski definition) is 4. The third-order valence-electron chi connectivity index (χ3n) is 5.82. The van der Waals surface area contributed by atoms with Gasteiger partial charge in [0, 0.05) is 32.8 Å². The summed E-state index contributed by atoms with van der Waals surface area (Å²) < 4.78 is 27.9. The molecule has 2 rings (SSSR count). The van der Waals surface area contributed by atoms with Gasteiger partial charge in [0.25, 0.3) is 0 Å². The van der Waals surface area contributed by atoms with Crippen molar-refractivity contribution in [3.8, 4) is 0 Å². The zero-order chi connectivity index (χ0) is 22.0. The van der Waals surface area contributed by atoms with E-state index in [2.05, 4.69) is 15.4 Å². The number of aliphatic imine (C=N–C) groups is 1. The molecule has 0 heterocycles. The summed E-state index contributed by atoms with van der Waals surface area (Å²) in [5.74, 6) is 0.686. The van der Waals surface area contributed by atoms with Crippen molar-refractivity contribution in [1.82, 2.24) is 15.4 Å². The van der Waals surface area contributed by atoms with Crippen LogP contribution in [-0.2, 0) is 10.0 Å². The van der Waals surface area contributed by atoms with E-state index in [-0.39, 0.29) is 42.5 Å². The standard InChI is InChI=1S/C22H38N4O3S.HI/c1-4-23-21(25-17-22(12-15-27)10-6-5-7-11-22)24-13-14-26-30(28,29)20-16-18(2)8-9-19(20)3;/h8-9,16,26-27H,4-7,10-15,17H2,1-3H3,(H2,23,24,25);1H. The highest BCUT2D eigenvalue weighted by Gasteiger charge is 2.31. The molecule has 7 nitrogen and oxygen atoms in total. The van der Waals surface area contributed by atoms with E-state index in [0.29, 0.717) is 23.9 Å². The lowest BCUT2D eigenvalue weighted by Crippen LogP contribution is -2.42. The fraction of sp³-hybridized carbons (Fsp3) is 0.682. The number of aliphatic hydroxyl groups is 1. The van der Waals surface area contributed by atoms with Crippen molar-refractivity contribution >= 4 is 40.0 Å². The Hall–Kier alpha value is -0.910. The molecule has 0 bridgehead atoms. The second-order valence-electron chi connectivity index (χ2n) is 8.32. The predicted octanol–water partition coefficient (Wildman–Crippen LogP) is 3.09. The first kappa shape index (κ1) is 28.1. The Kier molecular flexibility index (Phi) is 12.3. The maximum atomic E-state index is 12.6. The van der Waals surface area contributed by atoms with Crippen molar-refractivity contribution in [2.24, 2.45) is 10.4 Å². The molecule has 0 spiro atoms. The van der Waals surface area contributed by atoms with E-state index >= 15 is 0 Å². The monoisotopic (exact) mass is 566 g/mol. The molecule has 9 heteroatoms. The highest BCUT2D eigenvalue weighted by Crippen LogP contribution is 2.39. The number of sulfonamides is 1. The highest BCUT2D eigenvalue weighted by atomic mass is 127. The molecule has 1 saturated carbocycles. The smallest absolute Gasteiger partial charge is 0.240 e. The first-order valence-corrected chi connectivity index (χ1v) is 12.5. The Balaban J connectivity index is 0.00000480. The molecule has 1 aromatic carbocycles. The number of aryl methyl sites for hydroxylation is 2. The number of guanidine groups is 1. The van der Waals surface area contributed by atoms with Crippen LogP contribution in [0.15, 0.2) is 28.1 Å². The van der Waals surface area contributed by atoms with Crippen molar-refractivity contribution in [2.45, 2.75) is 64.2 Å². The molecular weight excluding hydrogens is 527 g/mol. The fourth-order valence-electron chi connectivity index (χ4n) is 4.06. The maximum Gasteiger partial charge on any atom is 0.240 e. The van der Waals surface area contributed by atoms with Crippen LogP contribution in [0.4, 0.5) is 0 Å². The van der Waals surface area contributed by atoms with E-state index in [0.717, 1.165) is 36.9 Å². The minimum atomic E-state index is -3.55. The van der Waals surface area contributed by atoms with Crippen LogP contribution in [0, 0.1) is 19.3 Å². The van der Waals surface area contributed by atoms with Crippen LogP contribution < -0.4 is 15.4 Å². The minimum absolute atomic E-state index is 0. The van der Waals surface area contributed by atoms with Crippen LogP contribution in [0.3, 0.4) is 0 Å². The molecule has 0 saturated heterocycles. The lowest BCUT2D eigenvalue weighted by Gasteiger charge is -2.35. The molecule has 0 unspecified atom stereocenters. The van der Waals surface area contributed by atoms with Gasteiger partial charge in [-0.25, -0.2) is 13.1 Å². The van der Waals surface area contributed by atoms with E-state index in [9.17, 15) is 13.5 Å². The zero-order valence-electron chi connectivity index (χ0n) is 19.0. The molecule has 1 aliphatic carbocycles. The van der Waals surface area contributed by atoms with E-state index in [1.165, 1.54) is 19.3 Å². The maximum absolute atomic E-state index is 12.6. The van der Waals surface area contributed by atoms with E-state index in [1.54, 1.807) is 13.0 Å². The van der Waals surface area contributed by atoms with Crippen LogP contribution in [-0.4, -0.2) is 52.3 Å². The molecule has 1 fully saturated rings. The van der Waals surface area contributed by atoms with Crippen molar-refractivity contribution in [3.05, 3.63) is 29.3 Å². The van der Waals surface area contributed by atoms with Crippen molar-refractivity contribution in [1.29, 1.82) is 0 Å². The molecular formula is C22H39IN4O3S. The SMILES string of the molecule is CCNC(=NCC1(CCO)CCCCC1)NCCNS(=O)(=O)c1cc(C)ccc1C.I. The summed E-state index contributed by atoms with van der Waals surface area (Å²) in [4.78, 5) is 5.08. The van der Waals surface area contributed by atoms with Gasteiger partial charge in [0.2, 0.25) is 10.0 Å². The third-order valence-corrected chi connectivity index (χ3v) is 7.42. The van der Waals surface area contributed by atoms with Gasteiger partial charge < -0.3 is 15.7 Å². The first-order valence-electron chi connectivity index (χ1n) is 11.0. The normalized spacial score (nSPS) is 16.5. The van der Waals surface area contributed by atoms with E-state index in [1.807, 2.05) is 26.0 Å². The quantitative estimate of drug-likeness (QED) is 0.151. The average Bonchev–Trinajstić information content (AvgIpc) is 2.72. The molecule has 1 aromatic rings. The molecule has 4 N–H and O–H groups in total. The van der Waals surface area contributed by atoms with Gasteiger partial charge in [0.15, 0.2) is 5.96 Å². The van der Waals surface area contributed by atoms with Crippen molar-refractivity contribution in [3.63, 3.8) is 0 Å². The first-order chi connectivity index (χ1) is 14.3. The molecule has 0 amide bonds. The van der Waals surface area contributed by atoms with Crippen LogP contribution in [0.1, 0.15) is 56.6 Å². The Labute approximate surface area is 205 Å². The molecule has 1 aliphatic rings. The molecule has 0 aliphatic heterocycles. The summed E-state index contributed by atoms with van der Waals surface area (Å²) >= 11 is 0. The Morgan fingerprint density at radius 1 is 1.13 bits per heavy atom. The molecule has 31 heavy (non-hydrogen) atoms. The minimum Gasteiger partial charge on any atom is -0.396 e. The van der Waals surface area contributed by atoms with Crippen molar-refractivity contribution in [2.75, 3.05) is 32.8 Å². The van der Waals surface area contributed by atoms with Gasteiger partial charge >= 0.3 is 0 Å². The van der Waals surface area contributed by atoms with Crippen LogP contribution >= 0.6 is 24.0 Å². The van der Waals surface area contributed by atoms with E-state index in [4.69, 9.17) is 4.99 Å². The second kappa shape index (κ2) is 13.6. The number of nitrogens with zero attached hydrogens (tertiary/aromatic N) is 1. The summed E-state index contributed by atoms with van der Waals surface area (Å²) in [6.45, 7) is 7.99. The highest BCUT2D eigenvalue weighted by molar-refractivity contribution is 14.0. The van der Waals surface area contributed by atoms with Crippen molar-refractivity contribution < 1.29 is 13.5 Å². The predicted molar refractivity (Wildman–Crippen MR) is 138 cm³/mol. The zero-order valence-corrected chi connectivity index (χ0v) is 22.2. The van der Waals surface area contributed by atoms with Gasteiger partial charge in [-0.1, -0.05) is 31.4 Å². The largest absolute Gasteiger partial charge is 0.396 e. The Morgan fingerprint density at radius 3 is 2.48 bits per heavy atom. The van der Waals surface area contributed by atoms with Gasteiger partial charge in [0.05, 0.1) is 4.90 Å². The van der Waals surface area contributed by atoms with Crippen LogP contribution in [0.5, 0.6) is 0 Å². The van der Waals surface area contributed by atoms with Gasteiger partial charge in [0.1, 0.15) is 0 Å². The lowest BCUT2D eigenvalue weighted by atomic mass is 9.72. The molecule has 0 aromatic heterocycles. The summed E-state index contributed by atoms with van der Waals surface area (Å²) in [6.07, 6.45) is 6.64. The number of rotatable bonds is 10. The summed E-state index contributed by atoms with van der Waals surface area (Å²) in [5, 5.41) is 15.9. The summed E-state index contributed by atoms with van der Waals surface area (Å²) in [7, 11) is -3.55. The van der Waals surface area contributed by atoms with Gasteiger partial charge in [-0.15, -0.1) is 24.0 Å². The van der Waals surface area contributed by atoms with Gasteiger partial charge in [-0.05, 0) is 62.6 Å². The Morgan fingerprint density at radius 2 is 1.84 bits per heavy atom. The van der Waals surface area contributed by atoms with Crippen LogP contribution in [0.2, 0.25) is 0 Å². The Bertz CT molecular complexity index is 803. The summed E-state index contributed by atoms with van der Waals surface area (Å²) in [6, 6.07) is 5.43. The molecule has 178 valence electrons. The fourth-order valence-corrected chi connectivity index (χ4v) is 5.41. The average molecular weight is 567 g/mol. The number of aliphatic hydroxyl groups excluding tert-OH is 1. The van der Waals surface area contributed by atoms with Crippen LogP contribution in [0.25, 0.3) is 0 Å². The van der Waals surface area contributed by atoms with E-state index < -0.39 is 10.0 Å². The number of halogens is 1.